The summed E-state index contributed by atoms with van der Waals surface area (Å²) in [5.41, 5.74) is 0.361. The van der Waals surface area contributed by atoms with E-state index in [-0.39, 0.29) is 18.0 Å². The Morgan fingerprint density at radius 1 is 1.11 bits per heavy atom. The Balaban J connectivity index is 2.22. The average Bonchev–Trinajstić information content (AvgIpc) is 2.33. The molecule has 0 N–H and O–H groups in total. The summed E-state index contributed by atoms with van der Waals surface area (Å²) in [6, 6.07) is 0. The minimum Gasteiger partial charge on any atom is -0.463 e. The largest absolute Gasteiger partial charge is 0.463 e. The summed E-state index contributed by atoms with van der Waals surface area (Å²) >= 11 is 0. The quantitative estimate of drug-likeness (QED) is 0.563. The van der Waals surface area contributed by atoms with E-state index in [4.69, 9.17) is 9.47 Å². The first-order chi connectivity index (χ1) is 8.80. The maximum absolute atomic E-state index is 11.9. The van der Waals surface area contributed by atoms with Crippen molar-refractivity contribution in [1.29, 1.82) is 0 Å². The van der Waals surface area contributed by atoms with Gasteiger partial charge in [-0.05, 0) is 50.9 Å². The smallest absolute Gasteiger partial charge is 0.309 e. The van der Waals surface area contributed by atoms with Crippen molar-refractivity contribution in [1.82, 2.24) is 0 Å². The second kappa shape index (κ2) is 7.28. The zero-order valence-corrected chi connectivity index (χ0v) is 13.2. The van der Waals surface area contributed by atoms with Gasteiger partial charge in [0, 0.05) is 0 Å². The van der Waals surface area contributed by atoms with Crippen LogP contribution >= 0.6 is 0 Å². The predicted molar refractivity (Wildman–Crippen MR) is 77.0 cm³/mol. The summed E-state index contributed by atoms with van der Waals surface area (Å²) in [7, 11) is 0. The Bertz CT molecular complexity index is 270. The molecule has 112 valence electrons. The summed E-state index contributed by atoms with van der Waals surface area (Å²) in [5.74, 6) is 0.818. The van der Waals surface area contributed by atoms with Crippen molar-refractivity contribution in [2.45, 2.75) is 66.4 Å². The first-order valence-corrected chi connectivity index (χ1v) is 7.59. The molecule has 0 aromatic carbocycles. The first-order valence-electron chi connectivity index (χ1n) is 7.59. The maximum Gasteiger partial charge on any atom is 0.309 e. The molecule has 0 aromatic heterocycles. The van der Waals surface area contributed by atoms with Gasteiger partial charge in [-0.3, -0.25) is 4.79 Å². The summed E-state index contributed by atoms with van der Waals surface area (Å²) in [4.78, 5) is 11.9. The van der Waals surface area contributed by atoms with E-state index in [9.17, 15) is 4.79 Å². The van der Waals surface area contributed by atoms with Crippen molar-refractivity contribution >= 4 is 5.97 Å². The van der Waals surface area contributed by atoms with Crippen LogP contribution in [0.1, 0.15) is 60.3 Å². The number of hydrogen-bond donors (Lipinski definition) is 0. The van der Waals surface area contributed by atoms with Crippen molar-refractivity contribution in [3.63, 3.8) is 0 Å². The van der Waals surface area contributed by atoms with Gasteiger partial charge in [0.25, 0.3) is 0 Å². The van der Waals surface area contributed by atoms with Gasteiger partial charge >= 0.3 is 5.97 Å². The lowest BCUT2D eigenvalue weighted by molar-refractivity contribution is -0.152. The highest BCUT2D eigenvalue weighted by Crippen LogP contribution is 2.40. The van der Waals surface area contributed by atoms with Crippen LogP contribution in [0.2, 0.25) is 0 Å². The number of carbonyl (C=O) groups is 1. The van der Waals surface area contributed by atoms with Crippen molar-refractivity contribution in [3.05, 3.63) is 0 Å². The predicted octanol–water partition coefficient (Wildman–Crippen LogP) is 3.81. The van der Waals surface area contributed by atoms with E-state index in [1.165, 1.54) is 0 Å². The molecular formula is C16H30O3. The van der Waals surface area contributed by atoms with Crippen LogP contribution < -0.4 is 0 Å². The summed E-state index contributed by atoms with van der Waals surface area (Å²) in [5, 5.41) is 0. The molecule has 0 aliphatic heterocycles. The SMILES string of the molecule is CC(C)OCCOC(=O)C1CCC(C(C)(C)C)CC1. The normalized spacial score (nSPS) is 24.5. The average molecular weight is 270 g/mol. The van der Waals surface area contributed by atoms with E-state index in [1.54, 1.807) is 0 Å². The molecule has 0 radical (unpaired) electrons. The van der Waals surface area contributed by atoms with Crippen LogP contribution in [-0.2, 0) is 14.3 Å². The Kier molecular flexibility index (Phi) is 6.31. The van der Waals surface area contributed by atoms with Gasteiger partial charge in [-0.15, -0.1) is 0 Å². The van der Waals surface area contributed by atoms with Gasteiger partial charge in [0.05, 0.1) is 18.6 Å². The molecular weight excluding hydrogens is 240 g/mol. The number of hydrogen-bond acceptors (Lipinski definition) is 3. The van der Waals surface area contributed by atoms with Gasteiger partial charge in [-0.25, -0.2) is 0 Å². The zero-order valence-electron chi connectivity index (χ0n) is 13.2. The highest BCUT2D eigenvalue weighted by atomic mass is 16.6. The molecule has 1 rings (SSSR count). The van der Waals surface area contributed by atoms with Crippen LogP contribution in [0.3, 0.4) is 0 Å². The van der Waals surface area contributed by atoms with Gasteiger partial charge < -0.3 is 9.47 Å². The van der Waals surface area contributed by atoms with E-state index in [2.05, 4.69) is 20.8 Å². The molecule has 0 saturated heterocycles. The third-order valence-corrected chi connectivity index (χ3v) is 4.06. The van der Waals surface area contributed by atoms with Gasteiger partial charge in [0.2, 0.25) is 0 Å². The number of ether oxygens (including phenoxy) is 2. The highest BCUT2D eigenvalue weighted by Gasteiger charge is 2.32. The number of rotatable bonds is 5. The van der Waals surface area contributed by atoms with Crippen LogP contribution in [0.25, 0.3) is 0 Å². The van der Waals surface area contributed by atoms with Crippen LogP contribution in [0.15, 0.2) is 0 Å². The minimum absolute atomic E-state index is 0.0280. The fourth-order valence-corrected chi connectivity index (χ4v) is 2.74. The monoisotopic (exact) mass is 270 g/mol. The van der Waals surface area contributed by atoms with E-state index >= 15 is 0 Å². The van der Waals surface area contributed by atoms with Gasteiger partial charge in [0.15, 0.2) is 0 Å². The van der Waals surface area contributed by atoms with Crippen LogP contribution in [0.5, 0.6) is 0 Å². The zero-order chi connectivity index (χ0) is 14.5. The molecule has 0 spiro atoms. The van der Waals surface area contributed by atoms with Crippen molar-refractivity contribution < 1.29 is 14.3 Å². The maximum atomic E-state index is 11.9. The van der Waals surface area contributed by atoms with Crippen LogP contribution in [-0.4, -0.2) is 25.3 Å². The number of esters is 1. The molecule has 0 bridgehead atoms. The molecule has 3 heteroatoms. The van der Waals surface area contributed by atoms with Gasteiger partial charge in [0.1, 0.15) is 6.61 Å². The fourth-order valence-electron chi connectivity index (χ4n) is 2.74. The van der Waals surface area contributed by atoms with Gasteiger partial charge in [-0.1, -0.05) is 20.8 Å². The highest BCUT2D eigenvalue weighted by molar-refractivity contribution is 5.72. The summed E-state index contributed by atoms with van der Waals surface area (Å²) < 4.78 is 10.7. The molecule has 1 aliphatic rings. The molecule has 1 saturated carbocycles. The van der Waals surface area contributed by atoms with Gasteiger partial charge in [-0.2, -0.15) is 0 Å². The molecule has 0 amide bonds. The van der Waals surface area contributed by atoms with Crippen LogP contribution in [0.4, 0.5) is 0 Å². The Morgan fingerprint density at radius 2 is 1.68 bits per heavy atom. The second-order valence-corrected chi connectivity index (χ2v) is 7.00. The molecule has 1 fully saturated rings. The molecule has 3 nitrogen and oxygen atoms in total. The van der Waals surface area contributed by atoms with Crippen molar-refractivity contribution in [2.75, 3.05) is 13.2 Å². The lowest BCUT2D eigenvalue weighted by Gasteiger charge is -2.36. The summed E-state index contributed by atoms with van der Waals surface area (Å²) in [6.45, 7) is 11.7. The molecule has 0 heterocycles. The third kappa shape index (κ3) is 5.94. The lowest BCUT2D eigenvalue weighted by atomic mass is 9.70. The molecule has 0 atom stereocenters. The van der Waals surface area contributed by atoms with E-state index in [0.29, 0.717) is 18.6 Å². The second-order valence-electron chi connectivity index (χ2n) is 7.00. The van der Waals surface area contributed by atoms with Crippen molar-refractivity contribution in [3.8, 4) is 0 Å². The number of carbonyl (C=O) groups excluding carboxylic acids is 1. The van der Waals surface area contributed by atoms with Crippen LogP contribution in [0, 0.1) is 17.3 Å². The topological polar surface area (TPSA) is 35.5 Å². The van der Waals surface area contributed by atoms with E-state index in [0.717, 1.165) is 31.6 Å². The standard InChI is InChI=1S/C16H30O3/c1-12(2)18-10-11-19-15(17)13-6-8-14(9-7-13)16(3,4)5/h12-14H,6-11H2,1-5H3. The Labute approximate surface area is 118 Å². The molecule has 0 aromatic rings. The first kappa shape index (κ1) is 16.5. The van der Waals surface area contributed by atoms with E-state index < -0.39 is 0 Å². The molecule has 19 heavy (non-hydrogen) atoms. The summed E-state index contributed by atoms with van der Waals surface area (Å²) in [6.07, 6.45) is 4.44. The van der Waals surface area contributed by atoms with Crippen molar-refractivity contribution in [2.24, 2.45) is 17.3 Å². The molecule has 0 unspecified atom stereocenters. The Hall–Kier alpha value is -0.570. The fraction of sp³-hybridized carbons (Fsp3) is 0.938. The minimum atomic E-state index is -0.0280. The lowest BCUT2D eigenvalue weighted by Crippen LogP contribution is -2.30. The Morgan fingerprint density at radius 3 is 2.16 bits per heavy atom. The third-order valence-electron chi connectivity index (χ3n) is 4.06. The molecule has 1 aliphatic carbocycles. The van der Waals surface area contributed by atoms with E-state index in [1.807, 2.05) is 13.8 Å².